The fourth-order valence-electron chi connectivity index (χ4n) is 1.45. The molecule has 4 nitrogen and oxygen atoms in total. The van der Waals surface area contributed by atoms with Gasteiger partial charge in [-0.1, -0.05) is 11.6 Å². The highest BCUT2D eigenvalue weighted by Crippen LogP contribution is 2.22. The fraction of sp³-hybridized carbons (Fsp3) is 0.455. The summed E-state index contributed by atoms with van der Waals surface area (Å²) in [5.74, 6) is -0.417. The monoisotopic (exact) mass is 295 g/mol. The predicted molar refractivity (Wildman–Crippen MR) is 66.4 cm³/mol. The first-order chi connectivity index (χ1) is 8.78. The van der Waals surface area contributed by atoms with Crippen molar-refractivity contribution in [2.45, 2.75) is 13.1 Å². The van der Waals surface area contributed by atoms with Crippen LogP contribution in [0.2, 0.25) is 5.02 Å². The fourth-order valence-corrected chi connectivity index (χ4v) is 1.64. The highest BCUT2D eigenvalue weighted by Gasteiger charge is 2.33. The Balaban J connectivity index is 3.03. The van der Waals surface area contributed by atoms with Crippen LogP contribution in [0, 0.1) is 0 Å². The molecule has 1 heterocycles. The number of rotatable bonds is 4. The first kappa shape index (κ1) is 15.6. The van der Waals surface area contributed by atoms with E-state index in [0.29, 0.717) is 10.7 Å². The maximum atomic E-state index is 12.4. The van der Waals surface area contributed by atoms with Crippen LogP contribution in [-0.2, 0) is 0 Å². The second-order valence-electron chi connectivity index (χ2n) is 3.73. The standard InChI is InChI=1S/C11H13ClF3N3O/c1-3-18(6-11(13,14)15)10(19)7-4-9(16-2)17-5-8(7)12/h4-5H,3,6H2,1-2H3,(H,16,17). The van der Waals surface area contributed by atoms with Crippen LogP contribution in [0.15, 0.2) is 12.3 Å². The lowest BCUT2D eigenvalue weighted by atomic mass is 10.2. The van der Waals surface area contributed by atoms with Gasteiger partial charge in [-0.2, -0.15) is 13.2 Å². The zero-order valence-electron chi connectivity index (χ0n) is 10.4. The molecule has 1 aromatic heterocycles. The lowest BCUT2D eigenvalue weighted by Gasteiger charge is -2.22. The minimum atomic E-state index is -4.45. The molecular formula is C11H13ClF3N3O. The van der Waals surface area contributed by atoms with Crippen molar-refractivity contribution < 1.29 is 18.0 Å². The predicted octanol–water partition coefficient (Wildman–Crippen LogP) is 2.80. The maximum absolute atomic E-state index is 12.4. The Morgan fingerprint density at radius 3 is 2.63 bits per heavy atom. The van der Waals surface area contributed by atoms with Crippen LogP contribution in [0.3, 0.4) is 0 Å². The van der Waals surface area contributed by atoms with Crippen molar-refractivity contribution in [1.29, 1.82) is 0 Å². The average Bonchev–Trinajstić information content (AvgIpc) is 2.34. The van der Waals surface area contributed by atoms with Crippen molar-refractivity contribution >= 4 is 23.3 Å². The van der Waals surface area contributed by atoms with Crippen LogP contribution in [-0.4, -0.2) is 42.1 Å². The lowest BCUT2D eigenvalue weighted by Crippen LogP contribution is -2.38. The summed E-state index contributed by atoms with van der Waals surface area (Å²) in [7, 11) is 1.58. The molecule has 0 aliphatic heterocycles. The largest absolute Gasteiger partial charge is 0.406 e. The first-order valence-corrected chi connectivity index (χ1v) is 5.85. The van der Waals surface area contributed by atoms with Gasteiger partial charge >= 0.3 is 6.18 Å². The van der Waals surface area contributed by atoms with E-state index in [2.05, 4.69) is 10.3 Å². The number of anilines is 1. The number of halogens is 4. The molecule has 0 aliphatic carbocycles. The van der Waals surface area contributed by atoms with Crippen LogP contribution in [0.1, 0.15) is 17.3 Å². The zero-order valence-corrected chi connectivity index (χ0v) is 11.1. The van der Waals surface area contributed by atoms with E-state index in [1.807, 2.05) is 0 Å². The smallest absolute Gasteiger partial charge is 0.373 e. The maximum Gasteiger partial charge on any atom is 0.406 e. The number of aromatic nitrogens is 1. The van der Waals surface area contributed by atoms with E-state index in [0.717, 1.165) is 0 Å². The zero-order chi connectivity index (χ0) is 14.6. The molecular weight excluding hydrogens is 283 g/mol. The normalized spacial score (nSPS) is 11.3. The number of amides is 1. The van der Waals surface area contributed by atoms with Crippen LogP contribution in [0.5, 0.6) is 0 Å². The molecule has 0 saturated heterocycles. The summed E-state index contributed by atoms with van der Waals surface area (Å²) in [6.45, 7) is 0.0967. The van der Waals surface area contributed by atoms with Crippen molar-refractivity contribution in [2.75, 3.05) is 25.5 Å². The number of pyridine rings is 1. The number of hydrogen-bond acceptors (Lipinski definition) is 3. The average molecular weight is 296 g/mol. The first-order valence-electron chi connectivity index (χ1n) is 5.47. The second kappa shape index (κ2) is 6.10. The Labute approximate surface area is 113 Å². The second-order valence-corrected chi connectivity index (χ2v) is 4.14. The van der Waals surface area contributed by atoms with Gasteiger partial charge in [-0.05, 0) is 13.0 Å². The van der Waals surface area contributed by atoms with E-state index in [9.17, 15) is 18.0 Å². The van der Waals surface area contributed by atoms with E-state index in [4.69, 9.17) is 11.6 Å². The van der Waals surface area contributed by atoms with Gasteiger partial charge in [0, 0.05) is 19.8 Å². The van der Waals surface area contributed by atoms with Gasteiger partial charge in [-0.3, -0.25) is 4.79 Å². The Bertz CT molecular complexity index is 465. The minimum absolute atomic E-state index is 0.00730. The SMILES string of the molecule is CCN(CC(F)(F)F)C(=O)c1cc(NC)ncc1Cl. The third kappa shape index (κ3) is 4.27. The third-order valence-electron chi connectivity index (χ3n) is 2.38. The molecule has 1 rings (SSSR count). The molecule has 106 valence electrons. The molecule has 0 radical (unpaired) electrons. The van der Waals surface area contributed by atoms with Gasteiger partial charge in [-0.25, -0.2) is 4.98 Å². The Kier molecular flexibility index (Phi) is 4.99. The summed E-state index contributed by atoms with van der Waals surface area (Å²) in [6.07, 6.45) is -3.22. The van der Waals surface area contributed by atoms with E-state index >= 15 is 0 Å². The molecule has 0 aromatic carbocycles. The summed E-state index contributed by atoms with van der Waals surface area (Å²) in [4.78, 5) is 16.6. The number of hydrogen-bond donors (Lipinski definition) is 1. The van der Waals surface area contributed by atoms with E-state index in [1.165, 1.54) is 19.2 Å². The van der Waals surface area contributed by atoms with Gasteiger partial charge in [0.15, 0.2) is 0 Å². The van der Waals surface area contributed by atoms with Crippen molar-refractivity contribution in [3.63, 3.8) is 0 Å². The Morgan fingerprint density at radius 2 is 2.16 bits per heavy atom. The summed E-state index contributed by atoms with van der Waals surface area (Å²) < 4.78 is 37.1. The van der Waals surface area contributed by atoms with E-state index in [1.54, 1.807) is 7.05 Å². The van der Waals surface area contributed by atoms with Crippen LogP contribution in [0.25, 0.3) is 0 Å². The molecule has 0 fully saturated rings. The topological polar surface area (TPSA) is 45.2 Å². The van der Waals surface area contributed by atoms with Gasteiger partial charge in [0.05, 0.1) is 10.6 Å². The number of carbonyl (C=O) groups is 1. The van der Waals surface area contributed by atoms with Crippen molar-refractivity contribution in [1.82, 2.24) is 9.88 Å². The van der Waals surface area contributed by atoms with Crippen molar-refractivity contribution in [3.8, 4) is 0 Å². The molecule has 1 amide bonds. The number of alkyl halides is 3. The highest BCUT2D eigenvalue weighted by molar-refractivity contribution is 6.33. The summed E-state index contributed by atoms with van der Waals surface area (Å²) >= 11 is 5.80. The Morgan fingerprint density at radius 1 is 1.53 bits per heavy atom. The lowest BCUT2D eigenvalue weighted by molar-refractivity contribution is -0.140. The van der Waals surface area contributed by atoms with Gasteiger partial charge in [0.1, 0.15) is 12.4 Å². The highest BCUT2D eigenvalue weighted by atomic mass is 35.5. The molecule has 0 atom stereocenters. The van der Waals surface area contributed by atoms with Gasteiger partial charge in [0.2, 0.25) is 0 Å². The van der Waals surface area contributed by atoms with Gasteiger partial charge in [-0.15, -0.1) is 0 Å². The summed E-state index contributed by atoms with van der Waals surface area (Å²) in [5.41, 5.74) is -0.00730. The molecule has 1 N–H and O–H groups in total. The van der Waals surface area contributed by atoms with Crippen molar-refractivity contribution in [3.05, 3.63) is 22.8 Å². The van der Waals surface area contributed by atoms with Crippen molar-refractivity contribution in [2.24, 2.45) is 0 Å². The molecule has 1 aromatic rings. The third-order valence-corrected chi connectivity index (χ3v) is 2.68. The van der Waals surface area contributed by atoms with Crippen LogP contribution < -0.4 is 5.32 Å². The number of nitrogens with one attached hydrogen (secondary N) is 1. The summed E-state index contributed by atoms with van der Waals surface area (Å²) in [5, 5.41) is 2.71. The number of carbonyl (C=O) groups excluding carboxylic acids is 1. The quantitative estimate of drug-likeness (QED) is 0.929. The molecule has 8 heteroatoms. The van der Waals surface area contributed by atoms with Gasteiger partial charge in [0.25, 0.3) is 5.91 Å². The summed E-state index contributed by atoms with van der Waals surface area (Å²) in [6, 6.07) is 1.32. The van der Waals surface area contributed by atoms with Crippen LogP contribution >= 0.6 is 11.6 Å². The van der Waals surface area contributed by atoms with Crippen LogP contribution in [0.4, 0.5) is 19.0 Å². The molecule has 0 bridgehead atoms. The Hall–Kier alpha value is -1.50. The van der Waals surface area contributed by atoms with E-state index < -0.39 is 18.6 Å². The molecule has 0 unspecified atom stereocenters. The van der Waals surface area contributed by atoms with E-state index in [-0.39, 0.29) is 17.1 Å². The number of nitrogens with zero attached hydrogens (tertiary/aromatic N) is 2. The molecule has 0 spiro atoms. The molecule has 0 saturated carbocycles. The molecule has 19 heavy (non-hydrogen) atoms. The van der Waals surface area contributed by atoms with Gasteiger partial charge < -0.3 is 10.2 Å². The molecule has 0 aliphatic rings. The minimum Gasteiger partial charge on any atom is -0.373 e.